The number of benzene rings is 2. The molecule has 142 valence electrons. The minimum atomic E-state index is -0.426. The van der Waals surface area contributed by atoms with Gasteiger partial charge in [-0.1, -0.05) is 24.3 Å². The highest BCUT2D eigenvalue weighted by atomic mass is 79.9. The Bertz CT molecular complexity index is 1060. The van der Waals surface area contributed by atoms with Crippen LogP contribution in [0, 0.1) is 0 Å². The number of nitrogens with one attached hydrogen (secondary N) is 2. The van der Waals surface area contributed by atoms with Crippen LogP contribution in [0.2, 0.25) is 0 Å². The number of carbonyl (C=O) groups excluding carboxylic acids is 1. The molecule has 2 N–H and O–H groups in total. The van der Waals surface area contributed by atoms with Crippen molar-refractivity contribution in [2.45, 2.75) is 13.0 Å². The van der Waals surface area contributed by atoms with Crippen LogP contribution in [0.15, 0.2) is 70.6 Å². The van der Waals surface area contributed by atoms with Gasteiger partial charge >= 0.3 is 0 Å². The SMILES string of the molecule is COc1ccc(C2C(C(=O)Nc3ccccc3)=C(C)Nc3ncnn32)cc1Br. The first-order valence-electron chi connectivity index (χ1n) is 8.65. The average Bonchev–Trinajstić information content (AvgIpc) is 3.15. The third kappa shape index (κ3) is 3.27. The number of fused-ring (bicyclic) bond motifs is 1. The van der Waals surface area contributed by atoms with E-state index in [0.717, 1.165) is 21.4 Å². The summed E-state index contributed by atoms with van der Waals surface area (Å²) in [6.07, 6.45) is 1.47. The van der Waals surface area contributed by atoms with Crippen molar-refractivity contribution in [1.82, 2.24) is 14.8 Å². The molecule has 1 amide bonds. The molecule has 7 nitrogen and oxygen atoms in total. The predicted octanol–water partition coefficient (Wildman–Crippen LogP) is 3.98. The highest BCUT2D eigenvalue weighted by Crippen LogP contribution is 2.37. The van der Waals surface area contributed by atoms with Crippen molar-refractivity contribution in [2.24, 2.45) is 0 Å². The molecular formula is C20H18BrN5O2. The predicted molar refractivity (Wildman–Crippen MR) is 110 cm³/mol. The van der Waals surface area contributed by atoms with E-state index < -0.39 is 6.04 Å². The Morgan fingerprint density at radius 1 is 1.25 bits per heavy atom. The number of nitrogens with zero attached hydrogens (tertiary/aromatic N) is 3. The van der Waals surface area contributed by atoms with Crippen molar-refractivity contribution in [3.8, 4) is 5.75 Å². The van der Waals surface area contributed by atoms with Crippen LogP contribution >= 0.6 is 15.9 Å². The van der Waals surface area contributed by atoms with Gasteiger partial charge in [-0.3, -0.25) is 4.79 Å². The molecule has 0 saturated carbocycles. The summed E-state index contributed by atoms with van der Waals surface area (Å²) >= 11 is 3.53. The molecule has 0 fully saturated rings. The van der Waals surface area contributed by atoms with Crippen LogP contribution in [0.25, 0.3) is 0 Å². The zero-order valence-electron chi connectivity index (χ0n) is 15.3. The Morgan fingerprint density at radius 3 is 2.75 bits per heavy atom. The van der Waals surface area contributed by atoms with Crippen molar-refractivity contribution in [1.29, 1.82) is 0 Å². The molecule has 1 aliphatic rings. The van der Waals surface area contributed by atoms with E-state index in [0.29, 0.717) is 17.3 Å². The Hall–Kier alpha value is -3.13. The van der Waals surface area contributed by atoms with Crippen LogP contribution in [0.1, 0.15) is 18.5 Å². The van der Waals surface area contributed by atoms with Gasteiger partial charge < -0.3 is 15.4 Å². The molecule has 0 radical (unpaired) electrons. The summed E-state index contributed by atoms with van der Waals surface area (Å²) < 4.78 is 7.84. The molecule has 0 saturated heterocycles. The Kier molecular flexibility index (Phi) is 4.87. The first-order valence-corrected chi connectivity index (χ1v) is 9.45. The Balaban J connectivity index is 1.78. The quantitative estimate of drug-likeness (QED) is 0.642. The number of para-hydroxylation sites is 1. The maximum absolute atomic E-state index is 13.2. The second-order valence-corrected chi connectivity index (χ2v) is 7.16. The number of methoxy groups -OCH3 is 1. The van der Waals surface area contributed by atoms with Crippen molar-refractivity contribution in [3.05, 3.63) is 76.2 Å². The van der Waals surface area contributed by atoms with Crippen LogP contribution in [0.4, 0.5) is 11.6 Å². The Labute approximate surface area is 170 Å². The van der Waals surface area contributed by atoms with E-state index in [9.17, 15) is 4.79 Å². The molecule has 0 aliphatic carbocycles. The summed E-state index contributed by atoms with van der Waals surface area (Å²) in [5.74, 6) is 1.10. The third-order valence-corrected chi connectivity index (χ3v) is 5.18. The van der Waals surface area contributed by atoms with E-state index in [2.05, 4.69) is 36.6 Å². The lowest BCUT2D eigenvalue weighted by Crippen LogP contribution is -2.31. The monoisotopic (exact) mass is 439 g/mol. The maximum atomic E-state index is 13.2. The summed E-state index contributed by atoms with van der Waals surface area (Å²) in [7, 11) is 1.61. The lowest BCUT2D eigenvalue weighted by molar-refractivity contribution is -0.113. The largest absolute Gasteiger partial charge is 0.496 e. The molecular weight excluding hydrogens is 422 g/mol. The van der Waals surface area contributed by atoms with Crippen LogP contribution < -0.4 is 15.4 Å². The Morgan fingerprint density at radius 2 is 2.04 bits per heavy atom. The fourth-order valence-corrected chi connectivity index (χ4v) is 3.82. The molecule has 1 atom stereocenters. The van der Waals surface area contributed by atoms with Crippen molar-refractivity contribution in [2.75, 3.05) is 17.7 Å². The van der Waals surface area contributed by atoms with Crippen LogP contribution in [0.3, 0.4) is 0 Å². The summed E-state index contributed by atoms with van der Waals surface area (Å²) in [5, 5.41) is 10.5. The standard InChI is InChI=1S/C20H18BrN5O2/c1-12-17(19(27)25-14-6-4-3-5-7-14)18(26-20(24-12)22-11-23-26)13-8-9-16(28-2)15(21)10-13/h3-11,18H,1-2H3,(H,25,27)(H,22,23,24). The molecule has 2 aromatic carbocycles. The zero-order valence-corrected chi connectivity index (χ0v) is 16.9. The van der Waals surface area contributed by atoms with Gasteiger partial charge in [0.05, 0.1) is 17.2 Å². The maximum Gasteiger partial charge on any atom is 0.255 e. The molecule has 1 aliphatic heterocycles. The summed E-state index contributed by atoms with van der Waals surface area (Å²) in [4.78, 5) is 17.4. The number of aromatic nitrogens is 3. The van der Waals surface area contributed by atoms with Gasteiger partial charge in [-0.25, -0.2) is 4.68 Å². The van der Waals surface area contributed by atoms with E-state index in [1.54, 1.807) is 11.8 Å². The van der Waals surface area contributed by atoms with E-state index in [1.807, 2.05) is 55.5 Å². The van der Waals surface area contributed by atoms with Gasteiger partial charge in [0.2, 0.25) is 5.95 Å². The van der Waals surface area contributed by atoms with Gasteiger partial charge in [0.15, 0.2) is 0 Å². The van der Waals surface area contributed by atoms with Gasteiger partial charge in [-0.05, 0) is 52.7 Å². The first-order chi connectivity index (χ1) is 13.6. The molecule has 4 rings (SSSR count). The van der Waals surface area contributed by atoms with E-state index in [1.165, 1.54) is 6.33 Å². The molecule has 8 heteroatoms. The van der Waals surface area contributed by atoms with Crippen molar-refractivity contribution < 1.29 is 9.53 Å². The minimum Gasteiger partial charge on any atom is -0.496 e. The third-order valence-electron chi connectivity index (χ3n) is 4.56. The molecule has 0 spiro atoms. The number of hydrogen-bond donors (Lipinski definition) is 2. The van der Waals surface area contributed by atoms with Crippen LogP contribution in [0.5, 0.6) is 5.75 Å². The fourth-order valence-electron chi connectivity index (χ4n) is 3.27. The number of halogens is 1. The number of carbonyl (C=O) groups is 1. The van der Waals surface area contributed by atoms with Crippen molar-refractivity contribution >= 4 is 33.5 Å². The van der Waals surface area contributed by atoms with Crippen LogP contribution in [-0.2, 0) is 4.79 Å². The number of anilines is 2. The van der Waals surface area contributed by atoms with Gasteiger partial charge in [0.25, 0.3) is 5.91 Å². The highest BCUT2D eigenvalue weighted by Gasteiger charge is 2.33. The zero-order chi connectivity index (χ0) is 19.7. The topological polar surface area (TPSA) is 81.1 Å². The number of hydrogen-bond acceptors (Lipinski definition) is 5. The average molecular weight is 440 g/mol. The molecule has 0 bridgehead atoms. The van der Waals surface area contributed by atoms with Crippen molar-refractivity contribution in [3.63, 3.8) is 0 Å². The first kappa shape index (κ1) is 18.2. The fraction of sp³-hybridized carbons (Fsp3) is 0.150. The number of allylic oxidation sites excluding steroid dienone is 1. The molecule has 28 heavy (non-hydrogen) atoms. The second-order valence-electron chi connectivity index (χ2n) is 6.31. The van der Waals surface area contributed by atoms with E-state index in [-0.39, 0.29) is 5.91 Å². The minimum absolute atomic E-state index is 0.200. The molecule has 1 aromatic heterocycles. The number of ether oxygens (including phenoxy) is 1. The summed E-state index contributed by atoms with van der Waals surface area (Å²) in [5.41, 5.74) is 2.91. The normalized spacial score (nSPS) is 15.6. The summed E-state index contributed by atoms with van der Waals surface area (Å²) in [6.45, 7) is 1.86. The van der Waals surface area contributed by atoms with Gasteiger partial charge in [-0.15, -0.1) is 0 Å². The van der Waals surface area contributed by atoms with Crippen LogP contribution in [-0.4, -0.2) is 27.8 Å². The molecule has 1 unspecified atom stereocenters. The second kappa shape index (κ2) is 7.47. The van der Waals surface area contributed by atoms with Gasteiger partial charge in [-0.2, -0.15) is 10.1 Å². The number of amides is 1. The highest BCUT2D eigenvalue weighted by molar-refractivity contribution is 9.10. The molecule has 3 aromatic rings. The lowest BCUT2D eigenvalue weighted by atomic mass is 9.95. The molecule has 2 heterocycles. The van der Waals surface area contributed by atoms with Gasteiger partial charge in [0, 0.05) is 11.4 Å². The van der Waals surface area contributed by atoms with Gasteiger partial charge in [0.1, 0.15) is 18.1 Å². The number of rotatable bonds is 4. The summed E-state index contributed by atoms with van der Waals surface area (Å²) in [6, 6.07) is 14.7. The van der Waals surface area contributed by atoms with E-state index >= 15 is 0 Å². The smallest absolute Gasteiger partial charge is 0.255 e. The van der Waals surface area contributed by atoms with E-state index in [4.69, 9.17) is 4.74 Å². The lowest BCUT2D eigenvalue weighted by Gasteiger charge is -2.29.